The van der Waals surface area contributed by atoms with Gasteiger partial charge in [0.25, 0.3) is 5.91 Å². The minimum atomic E-state index is -0.265. The number of carbonyl (C=O) groups is 1. The molecule has 0 unspecified atom stereocenters. The Kier molecular flexibility index (Phi) is 7.52. The van der Waals surface area contributed by atoms with Crippen molar-refractivity contribution in [3.8, 4) is 23.0 Å². The van der Waals surface area contributed by atoms with E-state index in [2.05, 4.69) is 5.32 Å². The first-order valence-electron chi connectivity index (χ1n) is 11.1. The molecule has 1 saturated heterocycles. The summed E-state index contributed by atoms with van der Waals surface area (Å²) < 4.78 is 22.6. The number of ether oxygens (including phenoxy) is 4. The fourth-order valence-corrected chi connectivity index (χ4v) is 4.03. The van der Waals surface area contributed by atoms with Gasteiger partial charge < -0.3 is 24.3 Å². The second-order valence-corrected chi connectivity index (χ2v) is 7.93. The summed E-state index contributed by atoms with van der Waals surface area (Å²) in [5, 5.41) is 3.30. The zero-order valence-electron chi connectivity index (χ0n) is 19.7. The monoisotopic (exact) mass is 490 g/mol. The lowest BCUT2D eigenvalue weighted by molar-refractivity contribution is -0.113. The first-order valence-corrected chi connectivity index (χ1v) is 11.5. The van der Waals surface area contributed by atoms with Gasteiger partial charge in [-0.3, -0.25) is 4.79 Å². The van der Waals surface area contributed by atoms with Crippen molar-refractivity contribution in [2.45, 2.75) is 13.5 Å². The summed E-state index contributed by atoms with van der Waals surface area (Å²) >= 11 is 5.44. The summed E-state index contributed by atoms with van der Waals surface area (Å²) in [6.07, 6.45) is 1.75. The van der Waals surface area contributed by atoms with Gasteiger partial charge in [0.1, 0.15) is 23.8 Å². The number of anilines is 1. The molecule has 1 aliphatic heterocycles. The van der Waals surface area contributed by atoms with Crippen LogP contribution in [0.4, 0.5) is 5.69 Å². The highest BCUT2D eigenvalue weighted by molar-refractivity contribution is 7.80. The predicted octanol–water partition coefficient (Wildman–Crippen LogP) is 4.94. The molecule has 4 rings (SSSR count). The van der Waals surface area contributed by atoms with Crippen LogP contribution in [0.5, 0.6) is 23.0 Å². The highest BCUT2D eigenvalue weighted by atomic mass is 32.1. The molecule has 1 heterocycles. The van der Waals surface area contributed by atoms with E-state index in [0.29, 0.717) is 41.0 Å². The molecule has 0 aliphatic carbocycles. The zero-order valence-corrected chi connectivity index (χ0v) is 20.6. The number of nitrogens with zero attached hydrogens (tertiary/aromatic N) is 1. The Morgan fingerprint density at radius 2 is 1.54 bits per heavy atom. The third-order valence-electron chi connectivity index (χ3n) is 5.35. The first kappa shape index (κ1) is 24.1. The summed E-state index contributed by atoms with van der Waals surface area (Å²) in [5.41, 5.74) is 2.56. The van der Waals surface area contributed by atoms with Crippen molar-refractivity contribution in [1.29, 1.82) is 0 Å². The molecule has 0 bridgehead atoms. The predicted molar refractivity (Wildman–Crippen MR) is 139 cm³/mol. The number of thiocarbonyl (C=S) groups is 1. The average Bonchev–Trinajstić information content (AvgIpc) is 3.15. The lowest BCUT2D eigenvalue weighted by Crippen LogP contribution is -2.30. The van der Waals surface area contributed by atoms with E-state index in [-0.39, 0.29) is 17.6 Å². The molecule has 0 saturated carbocycles. The van der Waals surface area contributed by atoms with Gasteiger partial charge in [-0.15, -0.1) is 0 Å². The molecule has 1 aliphatic rings. The van der Waals surface area contributed by atoms with Crippen LogP contribution in [0.25, 0.3) is 6.08 Å². The molecule has 35 heavy (non-hydrogen) atoms. The smallest absolute Gasteiger partial charge is 0.281 e. The highest BCUT2D eigenvalue weighted by Crippen LogP contribution is 2.32. The van der Waals surface area contributed by atoms with Crippen LogP contribution in [0.15, 0.2) is 72.4 Å². The van der Waals surface area contributed by atoms with E-state index >= 15 is 0 Å². The number of methoxy groups -OCH3 is 2. The second kappa shape index (κ2) is 10.9. The molecule has 0 radical (unpaired) electrons. The Morgan fingerprint density at radius 1 is 0.886 bits per heavy atom. The molecule has 7 nitrogen and oxygen atoms in total. The van der Waals surface area contributed by atoms with Crippen LogP contribution in [-0.2, 0) is 11.4 Å². The van der Waals surface area contributed by atoms with E-state index in [1.54, 1.807) is 32.4 Å². The molecular weight excluding hydrogens is 464 g/mol. The Hall–Kier alpha value is -4.04. The molecule has 180 valence electrons. The van der Waals surface area contributed by atoms with Crippen molar-refractivity contribution < 1.29 is 23.7 Å². The van der Waals surface area contributed by atoms with E-state index in [1.807, 2.05) is 61.5 Å². The van der Waals surface area contributed by atoms with E-state index in [0.717, 1.165) is 11.1 Å². The third kappa shape index (κ3) is 5.22. The number of hydrogen-bond acceptors (Lipinski definition) is 6. The van der Waals surface area contributed by atoms with E-state index < -0.39 is 0 Å². The van der Waals surface area contributed by atoms with Crippen molar-refractivity contribution in [2.75, 3.05) is 25.7 Å². The van der Waals surface area contributed by atoms with E-state index in [1.165, 1.54) is 4.90 Å². The summed E-state index contributed by atoms with van der Waals surface area (Å²) in [6, 6.07) is 20.4. The standard InChI is InChI=1S/C27H26N2O5S/c1-4-33-24-11-7-8-12-25(24)34-17-19-15-18(13-14-22(19)31-2)16-20-26(30)29(27(35)28-20)21-9-5-6-10-23(21)32-3/h5-16H,4,17H2,1-3H3,(H,28,35)/b20-16+. The molecule has 1 fully saturated rings. The molecule has 0 aromatic heterocycles. The van der Waals surface area contributed by atoms with Crippen LogP contribution in [0, 0.1) is 0 Å². The van der Waals surface area contributed by atoms with Crippen LogP contribution in [0.2, 0.25) is 0 Å². The van der Waals surface area contributed by atoms with E-state index in [9.17, 15) is 4.79 Å². The lowest BCUT2D eigenvalue weighted by atomic mass is 10.1. The van der Waals surface area contributed by atoms with Gasteiger partial charge in [-0.25, -0.2) is 4.90 Å². The number of benzene rings is 3. The molecule has 8 heteroatoms. The van der Waals surface area contributed by atoms with Crippen molar-refractivity contribution in [3.05, 3.63) is 83.6 Å². The number of amides is 1. The molecule has 1 amide bonds. The van der Waals surface area contributed by atoms with Crippen LogP contribution in [0.3, 0.4) is 0 Å². The molecule has 0 spiro atoms. The van der Waals surface area contributed by atoms with Gasteiger partial charge in [0, 0.05) is 5.56 Å². The quantitative estimate of drug-likeness (QED) is 0.336. The zero-order chi connectivity index (χ0) is 24.8. The van der Waals surface area contributed by atoms with Crippen molar-refractivity contribution >= 4 is 35.0 Å². The topological polar surface area (TPSA) is 69.3 Å². The molecule has 0 atom stereocenters. The number of para-hydroxylation sites is 4. The van der Waals surface area contributed by atoms with Gasteiger partial charge in [0.2, 0.25) is 0 Å². The highest BCUT2D eigenvalue weighted by Gasteiger charge is 2.33. The third-order valence-corrected chi connectivity index (χ3v) is 5.64. The Morgan fingerprint density at radius 3 is 2.23 bits per heavy atom. The fraction of sp³-hybridized carbons (Fsp3) is 0.185. The van der Waals surface area contributed by atoms with Crippen molar-refractivity contribution in [2.24, 2.45) is 0 Å². The van der Waals surface area contributed by atoms with Gasteiger partial charge in [-0.05, 0) is 67.2 Å². The van der Waals surface area contributed by atoms with Gasteiger partial charge in [-0.2, -0.15) is 0 Å². The molecule has 3 aromatic rings. The second-order valence-electron chi connectivity index (χ2n) is 7.54. The van der Waals surface area contributed by atoms with Gasteiger partial charge in [-0.1, -0.05) is 30.3 Å². The average molecular weight is 491 g/mol. The molecular formula is C27H26N2O5S. The fourth-order valence-electron chi connectivity index (χ4n) is 3.74. The lowest BCUT2D eigenvalue weighted by Gasteiger charge is -2.17. The maximum absolute atomic E-state index is 13.2. The minimum Gasteiger partial charge on any atom is -0.496 e. The van der Waals surface area contributed by atoms with Gasteiger partial charge in [0.05, 0.1) is 26.5 Å². The summed E-state index contributed by atoms with van der Waals surface area (Å²) in [4.78, 5) is 14.6. The maximum atomic E-state index is 13.2. The van der Waals surface area contributed by atoms with Gasteiger partial charge >= 0.3 is 0 Å². The number of carbonyl (C=O) groups excluding carboxylic acids is 1. The van der Waals surface area contributed by atoms with Crippen LogP contribution >= 0.6 is 12.2 Å². The van der Waals surface area contributed by atoms with Crippen LogP contribution in [0.1, 0.15) is 18.1 Å². The van der Waals surface area contributed by atoms with E-state index in [4.69, 9.17) is 31.2 Å². The SMILES string of the molecule is CCOc1ccccc1OCc1cc(/C=C2/NC(=S)N(c3ccccc3OC)C2=O)ccc1OC. The summed E-state index contributed by atoms with van der Waals surface area (Å²) in [7, 11) is 3.16. The normalized spacial score (nSPS) is 14.1. The first-order chi connectivity index (χ1) is 17.0. The largest absolute Gasteiger partial charge is 0.496 e. The molecule has 3 aromatic carbocycles. The summed E-state index contributed by atoms with van der Waals surface area (Å²) in [6.45, 7) is 2.73. The van der Waals surface area contributed by atoms with Gasteiger partial charge in [0.15, 0.2) is 16.6 Å². The van der Waals surface area contributed by atoms with Crippen molar-refractivity contribution in [1.82, 2.24) is 5.32 Å². The Bertz CT molecular complexity index is 1270. The summed E-state index contributed by atoms with van der Waals surface area (Å²) in [5.74, 6) is 2.29. The Balaban J connectivity index is 1.58. The minimum absolute atomic E-state index is 0.261. The number of nitrogens with one attached hydrogen (secondary N) is 1. The number of hydrogen-bond donors (Lipinski definition) is 1. The maximum Gasteiger partial charge on any atom is 0.281 e. The van der Waals surface area contributed by atoms with Crippen molar-refractivity contribution in [3.63, 3.8) is 0 Å². The Labute approximate surface area is 209 Å². The van der Waals surface area contributed by atoms with Crippen LogP contribution in [-0.4, -0.2) is 31.8 Å². The molecule has 1 N–H and O–H groups in total. The van der Waals surface area contributed by atoms with Crippen LogP contribution < -0.4 is 29.2 Å². The number of rotatable bonds is 9.